The van der Waals surface area contributed by atoms with Crippen molar-refractivity contribution in [2.45, 2.75) is 19.6 Å². The van der Waals surface area contributed by atoms with E-state index in [9.17, 15) is 9.90 Å². The van der Waals surface area contributed by atoms with E-state index in [2.05, 4.69) is 0 Å². The monoisotopic (exact) mass is 271 g/mol. The Morgan fingerprint density at radius 1 is 1.68 bits per heavy atom. The number of nitrogen functional groups attached to an aromatic ring is 1. The van der Waals surface area contributed by atoms with Gasteiger partial charge in [-0.1, -0.05) is 0 Å². The van der Waals surface area contributed by atoms with Gasteiger partial charge in [0.05, 0.1) is 19.3 Å². The molecule has 1 atom stereocenters. The second-order valence-electron chi connectivity index (χ2n) is 4.50. The first-order valence-corrected chi connectivity index (χ1v) is 5.93. The maximum atomic E-state index is 11.4. The number of hydrazine groups is 1. The number of hydrogen-bond donors (Lipinski definition) is 3. The van der Waals surface area contributed by atoms with E-state index in [4.69, 9.17) is 15.0 Å². The molecule has 1 aromatic rings. The quantitative estimate of drug-likeness (QED) is 0.355. The molecule has 7 heteroatoms. The van der Waals surface area contributed by atoms with Gasteiger partial charge in [-0.05, 0) is 20.0 Å². The Hall–Kier alpha value is -1.41. The van der Waals surface area contributed by atoms with Crippen LogP contribution in [0.2, 0.25) is 0 Å². The second-order valence-corrected chi connectivity index (χ2v) is 4.50. The van der Waals surface area contributed by atoms with Crippen molar-refractivity contribution in [2.24, 2.45) is 5.84 Å². The number of aliphatic hydroxyl groups excluding tert-OH is 1. The minimum Gasteiger partial charge on any atom is -0.454 e. The molecule has 4 N–H and O–H groups in total. The number of likely N-dealkylation sites (N-methyl/N-ethyl adjacent to an activating group) is 1. The van der Waals surface area contributed by atoms with Crippen LogP contribution in [0.25, 0.3) is 0 Å². The normalized spacial score (nSPS) is 12.7. The number of methoxy groups -OCH3 is 1. The zero-order valence-electron chi connectivity index (χ0n) is 11.5. The van der Waals surface area contributed by atoms with Gasteiger partial charge in [0.15, 0.2) is 5.76 Å². The molecule has 0 saturated carbocycles. The van der Waals surface area contributed by atoms with Crippen LogP contribution in [0.3, 0.4) is 0 Å². The van der Waals surface area contributed by atoms with Crippen molar-refractivity contribution < 1.29 is 19.1 Å². The Kier molecular flexibility index (Phi) is 5.97. The third-order valence-electron chi connectivity index (χ3n) is 2.61. The van der Waals surface area contributed by atoms with Gasteiger partial charge in [-0.2, -0.15) is 0 Å². The Labute approximate surface area is 112 Å². The van der Waals surface area contributed by atoms with Gasteiger partial charge >= 0.3 is 5.91 Å². The van der Waals surface area contributed by atoms with Crippen LogP contribution in [0, 0.1) is 6.92 Å². The highest BCUT2D eigenvalue weighted by Crippen LogP contribution is 2.15. The van der Waals surface area contributed by atoms with Crippen LogP contribution < -0.4 is 11.3 Å². The Balaban J connectivity index is 2.60. The average Bonchev–Trinajstić information content (AvgIpc) is 2.69. The minimum absolute atomic E-state index is 0.211. The lowest BCUT2D eigenvalue weighted by molar-refractivity contribution is 0.0406. The first-order chi connectivity index (χ1) is 8.97. The van der Waals surface area contributed by atoms with Gasteiger partial charge in [0, 0.05) is 19.2 Å². The molecule has 0 aromatic carbocycles. The lowest BCUT2D eigenvalue weighted by atomic mass is 10.2. The van der Waals surface area contributed by atoms with E-state index in [1.807, 2.05) is 17.4 Å². The van der Waals surface area contributed by atoms with Crippen molar-refractivity contribution in [3.05, 3.63) is 23.2 Å². The number of carbonyl (C=O) groups is 1. The Morgan fingerprint density at radius 3 is 2.95 bits per heavy atom. The second kappa shape index (κ2) is 7.25. The maximum Gasteiger partial charge on any atom is 0.301 e. The molecule has 1 heterocycles. The van der Waals surface area contributed by atoms with E-state index >= 15 is 0 Å². The van der Waals surface area contributed by atoms with Gasteiger partial charge in [0.1, 0.15) is 5.76 Å². The van der Waals surface area contributed by atoms with Crippen LogP contribution in [0.1, 0.15) is 21.9 Å². The molecule has 108 valence electrons. The van der Waals surface area contributed by atoms with E-state index in [-0.39, 0.29) is 12.4 Å². The lowest BCUT2D eigenvalue weighted by Gasteiger charge is -2.18. The molecule has 0 bridgehead atoms. The molecule has 19 heavy (non-hydrogen) atoms. The van der Waals surface area contributed by atoms with Crippen LogP contribution in [0.15, 0.2) is 10.5 Å². The number of furan rings is 1. The van der Waals surface area contributed by atoms with E-state index in [1.54, 1.807) is 13.0 Å². The number of ether oxygens (including phenoxy) is 1. The first-order valence-electron chi connectivity index (χ1n) is 5.93. The largest absolute Gasteiger partial charge is 0.454 e. The molecule has 1 amide bonds. The predicted octanol–water partition coefficient (Wildman–Crippen LogP) is -0.369. The number of hydrogen-bond acceptors (Lipinski definition) is 6. The summed E-state index contributed by atoms with van der Waals surface area (Å²) >= 11 is 0. The van der Waals surface area contributed by atoms with Gasteiger partial charge in [-0.15, -0.1) is 0 Å². The molecule has 1 rings (SSSR count). The molecule has 1 aromatic heterocycles. The molecule has 0 aliphatic carbocycles. The third-order valence-corrected chi connectivity index (χ3v) is 2.61. The number of carbonyl (C=O) groups excluding carboxylic acids is 1. The highest BCUT2D eigenvalue weighted by molar-refractivity contribution is 5.92. The summed E-state index contributed by atoms with van der Waals surface area (Å²) in [5, 5.41) is 9.61. The van der Waals surface area contributed by atoms with E-state index in [0.29, 0.717) is 18.8 Å². The molecular formula is C12H21N3O4. The van der Waals surface area contributed by atoms with Gasteiger partial charge in [-0.25, -0.2) is 5.84 Å². The summed E-state index contributed by atoms with van der Waals surface area (Å²) in [6, 6.07) is 1.78. The van der Waals surface area contributed by atoms with Gasteiger partial charge in [-0.3, -0.25) is 15.1 Å². The van der Waals surface area contributed by atoms with Crippen molar-refractivity contribution in [3.8, 4) is 0 Å². The number of amides is 1. The van der Waals surface area contributed by atoms with Crippen LogP contribution in [-0.2, 0) is 11.3 Å². The van der Waals surface area contributed by atoms with Gasteiger partial charge < -0.3 is 14.3 Å². The predicted molar refractivity (Wildman–Crippen MR) is 69.3 cm³/mol. The van der Waals surface area contributed by atoms with Crippen molar-refractivity contribution in [2.75, 3.05) is 27.3 Å². The van der Waals surface area contributed by atoms with Crippen molar-refractivity contribution >= 4 is 5.91 Å². The summed E-state index contributed by atoms with van der Waals surface area (Å²) in [7, 11) is 3.39. The molecule has 0 radical (unpaired) electrons. The molecule has 7 nitrogen and oxygen atoms in total. The fourth-order valence-corrected chi connectivity index (χ4v) is 1.85. The van der Waals surface area contributed by atoms with Crippen LogP contribution >= 0.6 is 0 Å². The zero-order chi connectivity index (χ0) is 14.4. The van der Waals surface area contributed by atoms with Crippen LogP contribution in [0.4, 0.5) is 0 Å². The Morgan fingerprint density at radius 2 is 2.37 bits per heavy atom. The van der Waals surface area contributed by atoms with Gasteiger partial charge in [0.25, 0.3) is 0 Å². The molecule has 0 aliphatic heterocycles. The summed E-state index contributed by atoms with van der Waals surface area (Å²) in [6.45, 7) is 2.99. The summed E-state index contributed by atoms with van der Waals surface area (Å²) in [5.74, 6) is 5.47. The third kappa shape index (κ3) is 4.64. The SMILES string of the molecule is COCC(O)CN(C)Cc1cc(C)c(C(=O)NN)o1. The average molecular weight is 271 g/mol. The summed E-state index contributed by atoms with van der Waals surface area (Å²) < 4.78 is 10.3. The van der Waals surface area contributed by atoms with Crippen molar-refractivity contribution in [1.29, 1.82) is 0 Å². The summed E-state index contributed by atoms with van der Waals surface area (Å²) in [6.07, 6.45) is -0.558. The van der Waals surface area contributed by atoms with Crippen molar-refractivity contribution in [3.63, 3.8) is 0 Å². The number of nitrogens with zero attached hydrogens (tertiary/aromatic N) is 1. The number of rotatable bonds is 7. The first kappa shape index (κ1) is 15.6. The topological polar surface area (TPSA) is 101 Å². The van der Waals surface area contributed by atoms with E-state index in [0.717, 1.165) is 5.56 Å². The summed E-state index contributed by atoms with van der Waals surface area (Å²) in [4.78, 5) is 13.3. The number of aliphatic hydroxyl groups is 1. The number of nitrogens with two attached hydrogens (primary N) is 1. The lowest BCUT2D eigenvalue weighted by Crippen LogP contribution is -2.31. The molecule has 0 saturated heterocycles. The summed E-state index contributed by atoms with van der Waals surface area (Å²) in [5.41, 5.74) is 2.76. The molecule has 0 fully saturated rings. The highest BCUT2D eigenvalue weighted by atomic mass is 16.5. The molecule has 0 aliphatic rings. The van der Waals surface area contributed by atoms with Gasteiger partial charge in [0.2, 0.25) is 0 Å². The van der Waals surface area contributed by atoms with E-state index < -0.39 is 12.0 Å². The van der Waals surface area contributed by atoms with Crippen molar-refractivity contribution in [1.82, 2.24) is 10.3 Å². The maximum absolute atomic E-state index is 11.4. The standard InChI is InChI=1S/C12H21N3O4/c1-8-4-10(19-11(8)12(17)14-13)6-15(2)5-9(16)7-18-3/h4,9,16H,5-7,13H2,1-3H3,(H,14,17). The number of aryl methyl sites for hydroxylation is 1. The number of nitrogens with one attached hydrogen (secondary N) is 1. The minimum atomic E-state index is -0.558. The molecular weight excluding hydrogens is 250 g/mol. The fraction of sp³-hybridized carbons (Fsp3) is 0.583. The fourth-order valence-electron chi connectivity index (χ4n) is 1.85. The zero-order valence-corrected chi connectivity index (χ0v) is 11.5. The molecule has 0 spiro atoms. The van der Waals surface area contributed by atoms with Crippen LogP contribution in [-0.4, -0.2) is 49.3 Å². The van der Waals surface area contributed by atoms with E-state index in [1.165, 1.54) is 7.11 Å². The Bertz CT molecular complexity index is 419. The van der Waals surface area contributed by atoms with Crippen LogP contribution in [0.5, 0.6) is 0 Å². The smallest absolute Gasteiger partial charge is 0.301 e. The molecule has 1 unspecified atom stereocenters. The highest BCUT2D eigenvalue weighted by Gasteiger charge is 2.16.